The summed E-state index contributed by atoms with van der Waals surface area (Å²) in [6.45, 7) is 2.69. The normalized spacial score (nSPS) is 39.0. The maximum Gasteiger partial charge on any atom is 0.106 e. The highest BCUT2D eigenvalue weighted by Gasteiger charge is 2.28. The van der Waals surface area contributed by atoms with Crippen LogP contribution in [0.5, 0.6) is 0 Å². The highest BCUT2D eigenvalue weighted by molar-refractivity contribution is 4.77. The zero-order chi connectivity index (χ0) is 8.27. The third-order valence-electron chi connectivity index (χ3n) is 2.31. The molecule has 11 heavy (non-hydrogen) atoms. The minimum absolute atomic E-state index is 0.0718. The Kier molecular flexibility index (Phi) is 3.30. The molecule has 1 saturated heterocycles. The fourth-order valence-corrected chi connectivity index (χ4v) is 1.39. The average Bonchev–Trinajstić information content (AvgIpc) is 2.04. The van der Waals surface area contributed by atoms with Crippen LogP contribution in [-0.2, 0) is 4.74 Å². The molecule has 2 N–H and O–H groups in total. The predicted molar refractivity (Wildman–Crippen MR) is 41.2 cm³/mol. The van der Waals surface area contributed by atoms with Gasteiger partial charge in [-0.15, -0.1) is 0 Å². The van der Waals surface area contributed by atoms with Crippen molar-refractivity contribution < 1.29 is 14.9 Å². The smallest absolute Gasteiger partial charge is 0.106 e. The van der Waals surface area contributed by atoms with Crippen molar-refractivity contribution in [2.45, 2.75) is 32.0 Å². The van der Waals surface area contributed by atoms with Gasteiger partial charge in [0.1, 0.15) is 6.10 Å². The second kappa shape index (κ2) is 4.04. The summed E-state index contributed by atoms with van der Waals surface area (Å²) < 4.78 is 5.24. The molecule has 1 heterocycles. The highest BCUT2D eigenvalue weighted by Crippen LogP contribution is 2.21. The van der Waals surface area contributed by atoms with Gasteiger partial charge in [-0.1, -0.05) is 13.3 Å². The largest absolute Gasteiger partial charge is 0.394 e. The Morgan fingerprint density at radius 2 is 2.27 bits per heavy atom. The molecular weight excluding hydrogens is 144 g/mol. The standard InChI is InChI=1S/C8H16O3/c1-2-6-3-7(10)8(4-9)11-5-6/h6-10H,2-5H2,1H3/t6-,7+,8-/m1/s1. The zero-order valence-electron chi connectivity index (χ0n) is 6.86. The van der Waals surface area contributed by atoms with Crippen molar-refractivity contribution in [3.63, 3.8) is 0 Å². The molecule has 3 heteroatoms. The van der Waals surface area contributed by atoms with E-state index in [1.165, 1.54) is 0 Å². The van der Waals surface area contributed by atoms with Crippen molar-refractivity contribution in [3.8, 4) is 0 Å². The summed E-state index contributed by atoms with van der Waals surface area (Å²) in [6.07, 6.45) is 0.980. The van der Waals surface area contributed by atoms with Gasteiger partial charge >= 0.3 is 0 Å². The van der Waals surface area contributed by atoms with E-state index in [0.29, 0.717) is 12.5 Å². The molecule has 0 saturated carbocycles. The summed E-state index contributed by atoms with van der Waals surface area (Å²) in [4.78, 5) is 0. The van der Waals surface area contributed by atoms with Gasteiger partial charge in [0, 0.05) is 0 Å². The molecule has 0 radical (unpaired) electrons. The highest BCUT2D eigenvalue weighted by atomic mass is 16.5. The quantitative estimate of drug-likeness (QED) is 0.604. The summed E-state index contributed by atoms with van der Waals surface area (Å²) in [5, 5.41) is 18.1. The number of aliphatic hydroxyl groups is 2. The van der Waals surface area contributed by atoms with Crippen molar-refractivity contribution in [2.24, 2.45) is 5.92 Å². The van der Waals surface area contributed by atoms with E-state index in [0.717, 1.165) is 12.8 Å². The van der Waals surface area contributed by atoms with Crippen LogP contribution in [0.3, 0.4) is 0 Å². The molecule has 66 valence electrons. The summed E-state index contributed by atoms with van der Waals surface area (Å²) in [7, 11) is 0. The van der Waals surface area contributed by atoms with Gasteiger partial charge < -0.3 is 14.9 Å². The molecule has 1 aliphatic rings. The zero-order valence-corrected chi connectivity index (χ0v) is 6.86. The van der Waals surface area contributed by atoms with Crippen molar-refractivity contribution in [1.29, 1.82) is 0 Å². The second-order valence-electron chi connectivity index (χ2n) is 3.13. The number of ether oxygens (including phenoxy) is 1. The van der Waals surface area contributed by atoms with Crippen LogP contribution in [0.2, 0.25) is 0 Å². The van der Waals surface area contributed by atoms with E-state index in [4.69, 9.17) is 9.84 Å². The van der Waals surface area contributed by atoms with Gasteiger partial charge in [0.15, 0.2) is 0 Å². The van der Waals surface area contributed by atoms with Gasteiger partial charge in [0.05, 0.1) is 19.3 Å². The van der Waals surface area contributed by atoms with Gasteiger partial charge in [-0.3, -0.25) is 0 Å². The van der Waals surface area contributed by atoms with Gasteiger partial charge in [-0.2, -0.15) is 0 Å². The first-order valence-electron chi connectivity index (χ1n) is 4.18. The van der Waals surface area contributed by atoms with Crippen molar-refractivity contribution >= 4 is 0 Å². The van der Waals surface area contributed by atoms with E-state index in [2.05, 4.69) is 6.92 Å². The molecule has 3 atom stereocenters. The van der Waals surface area contributed by atoms with Crippen LogP contribution in [-0.4, -0.2) is 35.6 Å². The molecule has 3 nitrogen and oxygen atoms in total. The third-order valence-corrected chi connectivity index (χ3v) is 2.31. The van der Waals surface area contributed by atoms with Crippen LogP contribution in [0.1, 0.15) is 19.8 Å². The summed E-state index contributed by atoms with van der Waals surface area (Å²) >= 11 is 0. The minimum atomic E-state index is -0.473. The SMILES string of the molecule is CC[C@H]1CO[C@H](CO)[C@@H](O)C1. The number of aliphatic hydroxyl groups excluding tert-OH is 2. The van der Waals surface area contributed by atoms with Crippen molar-refractivity contribution in [1.82, 2.24) is 0 Å². The minimum Gasteiger partial charge on any atom is -0.394 e. The Morgan fingerprint density at radius 1 is 1.55 bits per heavy atom. The van der Waals surface area contributed by atoms with Gasteiger partial charge in [-0.05, 0) is 12.3 Å². The molecule has 0 aromatic heterocycles. The third kappa shape index (κ3) is 2.15. The Bertz CT molecular complexity index is 116. The monoisotopic (exact) mass is 160 g/mol. The van der Waals surface area contributed by atoms with E-state index in [1.807, 2.05) is 0 Å². The molecule has 0 aromatic rings. The Labute approximate surface area is 67.0 Å². The lowest BCUT2D eigenvalue weighted by Crippen LogP contribution is -2.40. The van der Waals surface area contributed by atoms with Crippen LogP contribution < -0.4 is 0 Å². The molecule has 1 rings (SSSR count). The van der Waals surface area contributed by atoms with Crippen LogP contribution in [0, 0.1) is 5.92 Å². The molecule has 0 aliphatic carbocycles. The van der Waals surface area contributed by atoms with Crippen molar-refractivity contribution in [2.75, 3.05) is 13.2 Å². The summed E-state index contributed by atoms with van der Waals surface area (Å²) in [5.74, 6) is 0.466. The fraction of sp³-hybridized carbons (Fsp3) is 1.00. The van der Waals surface area contributed by atoms with E-state index in [-0.39, 0.29) is 12.7 Å². The first-order valence-corrected chi connectivity index (χ1v) is 4.18. The molecule has 1 aliphatic heterocycles. The lowest BCUT2D eigenvalue weighted by atomic mass is 9.94. The Hall–Kier alpha value is -0.120. The first-order chi connectivity index (χ1) is 5.27. The fourth-order valence-electron chi connectivity index (χ4n) is 1.39. The Balaban J connectivity index is 2.34. The first kappa shape index (κ1) is 8.97. The van der Waals surface area contributed by atoms with E-state index >= 15 is 0 Å². The average molecular weight is 160 g/mol. The number of rotatable bonds is 2. The lowest BCUT2D eigenvalue weighted by molar-refractivity contribution is -0.116. The van der Waals surface area contributed by atoms with Gasteiger partial charge in [0.2, 0.25) is 0 Å². The Morgan fingerprint density at radius 3 is 2.73 bits per heavy atom. The van der Waals surface area contributed by atoms with Gasteiger partial charge in [0.25, 0.3) is 0 Å². The molecule has 0 aromatic carbocycles. The number of hydrogen-bond acceptors (Lipinski definition) is 3. The van der Waals surface area contributed by atoms with Crippen LogP contribution in [0.15, 0.2) is 0 Å². The molecule has 1 fully saturated rings. The topological polar surface area (TPSA) is 49.7 Å². The van der Waals surface area contributed by atoms with E-state index in [1.54, 1.807) is 0 Å². The van der Waals surface area contributed by atoms with Crippen molar-refractivity contribution in [3.05, 3.63) is 0 Å². The van der Waals surface area contributed by atoms with Crippen LogP contribution >= 0.6 is 0 Å². The van der Waals surface area contributed by atoms with E-state index in [9.17, 15) is 5.11 Å². The summed E-state index contributed by atoms with van der Waals surface area (Å²) in [5.41, 5.74) is 0. The maximum absolute atomic E-state index is 9.39. The van der Waals surface area contributed by atoms with Crippen LogP contribution in [0.4, 0.5) is 0 Å². The van der Waals surface area contributed by atoms with E-state index < -0.39 is 6.10 Å². The molecular formula is C8H16O3. The molecule has 0 spiro atoms. The van der Waals surface area contributed by atoms with Gasteiger partial charge in [-0.25, -0.2) is 0 Å². The predicted octanol–water partition coefficient (Wildman–Crippen LogP) is 0.155. The molecule has 0 bridgehead atoms. The molecule has 0 amide bonds. The second-order valence-corrected chi connectivity index (χ2v) is 3.13. The van der Waals surface area contributed by atoms with Crippen LogP contribution in [0.25, 0.3) is 0 Å². The lowest BCUT2D eigenvalue weighted by Gasteiger charge is -2.31. The maximum atomic E-state index is 9.39. The summed E-state index contributed by atoms with van der Waals surface area (Å²) in [6, 6.07) is 0. The number of hydrogen-bond donors (Lipinski definition) is 2. The molecule has 0 unspecified atom stereocenters.